The van der Waals surface area contributed by atoms with Crippen molar-refractivity contribution in [1.29, 1.82) is 0 Å². The number of aliphatic hydroxyl groups is 1. The summed E-state index contributed by atoms with van der Waals surface area (Å²) in [6, 6.07) is -3.11. The van der Waals surface area contributed by atoms with Crippen molar-refractivity contribution in [3.8, 4) is 0 Å². The second kappa shape index (κ2) is 8.35. The number of hydrogen-bond donors (Lipinski definition) is 3. The maximum Gasteiger partial charge on any atom is 0.416 e. The van der Waals surface area contributed by atoms with E-state index in [9.17, 15) is 27.9 Å². The first-order chi connectivity index (χ1) is 11.4. The molecule has 0 aromatic carbocycles. The molecule has 3 unspecified atom stereocenters. The van der Waals surface area contributed by atoms with Crippen molar-refractivity contribution < 1.29 is 27.9 Å². The summed E-state index contributed by atoms with van der Waals surface area (Å²) in [7, 11) is 0. The van der Waals surface area contributed by atoms with Gasteiger partial charge in [0.2, 0.25) is 11.8 Å². The lowest BCUT2D eigenvalue weighted by molar-refractivity contribution is -0.215. The first-order valence-corrected chi connectivity index (χ1v) is 8.49. The van der Waals surface area contributed by atoms with Gasteiger partial charge in [0, 0.05) is 6.54 Å². The fraction of sp³-hybridized carbons (Fsp3) is 0.875. The molecule has 4 atom stereocenters. The number of aliphatic hydroxyl groups excluding tert-OH is 1. The van der Waals surface area contributed by atoms with E-state index in [2.05, 4.69) is 5.32 Å². The van der Waals surface area contributed by atoms with Crippen LogP contribution >= 0.6 is 0 Å². The summed E-state index contributed by atoms with van der Waals surface area (Å²) in [5.74, 6) is -1.83. The molecule has 1 rings (SSSR count). The predicted octanol–water partition coefficient (Wildman–Crippen LogP) is 1.02. The lowest BCUT2D eigenvalue weighted by Gasteiger charge is -2.32. The molecule has 0 spiro atoms. The Balaban J connectivity index is 2.88. The summed E-state index contributed by atoms with van der Waals surface area (Å²) in [5, 5.41) is 11.8. The lowest BCUT2D eigenvalue weighted by atomic mass is 9.97. The van der Waals surface area contributed by atoms with Crippen molar-refractivity contribution in [2.75, 3.05) is 6.54 Å². The molecule has 6 nitrogen and oxygen atoms in total. The van der Waals surface area contributed by atoms with E-state index in [-0.39, 0.29) is 11.8 Å². The third-order valence-corrected chi connectivity index (χ3v) is 4.54. The van der Waals surface area contributed by atoms with Gasteiger partial charge in [-0.3, -0.25) is 9.59 Å². The summed E-state index contributed by atoms with van der Waals surface area (Å²) in [6.07, 6.45) is -6.58. The minimum Gasteiger partial charge on any atom is -0.382 e. The van der Waals surface area contributed by atoms with Gasteiger partial charge < -0.3 is 21.1 Å². The number of amides is 2. The molecule has 0 aromatic rings. The van der Waals surface area contributed by atoms with Gasteiger partial charge in [0.05, 0.1) is 12.1 Å². The zero-order valence-corrected chi connectivity index (χ0v) is 15.0. The monoisotopic (exact) mass is 367 g/mol. The van der Waals surface area contributed by atoms with E-state index >= 15 is 0 Å². The number of nitrogens with zero attached hydrogens (tertiary/aromatic N) is 1. The van der Waals surface area contributed by atoms with Crippen molar-refractivity contribution in [1.82, 2.24) is 10.2 Å². The van der Waals surface area contributed by atoms with Crippen LogP contribution in [0.2, 0.25) is 0 Å². The van der Waals surface area contributed by atoms with Crippen LogP contribution in [0.4, 0.5) is 13.2 Å². The SMILES string of the molecule is CC(C)C(N)C(=O)N1CCC[C@@H]1C(=O)NC(C(C)C)C(O)C(F)(F)F. The van der Waals surface area contributed by atoms with E-state index in [4.69, 9.17) is 5.73 Å². The first kappa shape index (κ1) is 21.7. The van der Waals surface area contributed by atoms with Crippen molar-refractivity contribution in [2.24, 2.45) is 17.6 Å². The molecule has 0 saturated carbocycles. The molecule has 1 heterocycles. The minimum absolute atomic E-state index is 0.118. The van der Waals surface area contributed by atoms with Crippen LogP contribution in [0.3, 0.4) is 0 Å². The largest absolute Gasteiger partial charge is 0.416 e. The summed E-state index contributed by atoms with van der Waals surface area (Å²) >= 11 is 0. The molecule has 0 radical (unpaired) electrons. The topological polar surface area (TPSA) is 95.7 Å². The average molecular weight is 367 g/mol. The molecule has 1 fully saturated rings. The zero-order chi connectivity index (χ0) is 19.5. The molecule has 4 N–H and O–H groups in total. The Morgan fingerprint density at radius 3 is 2.20 bits per heavy atom. The van der Waals surface area contributed by atoms with Crippen LogP contribution in [0.1, 0.15) is 40.5 Å². The number of likely N-dealkylation sites (tertiary alicyclic amines) is 1. The predicted molar refractivity (Wildman–Crippen MR) is 86.4 cm³/mol. The Morgan fingerprint density at radius 2 is 1.76 bits per heavy atom. The quantitative estimate of drug-likeness (QED) is 0.653. The van der Waals surface area contributed by atoms with E-state index in [1.807, 2.05) is 0 Å². The number of alkyl halides is 3. The fourth-order valence-electron chi connectivity index (χ4n) is 2.85. The molecular formula is C16H28F3N3O3. The second-order valence-electron chi connectivity index (χ2n) is 7.22. The molecule has 1 aliphatic heterocycles. The van der Waals surface area contributed by atoms with E-state index in [0.29, 0.717) is 19.4 Å². The first-order valence-electron chi connectivity index (χ1n) is 8.49. The summed E-state index contributed by atoms with van der Waals surface area (Å²) in [4.78, 5) is 26.2. The molecule has 146 valence electrons. The molecule has 9 heteroatoms. The Bertz CT molecular complexity index is 483. The molecule has 25 heavy (non-hydrogen) atoms. The van der Waals surface area contributed by atoms with E-state index < -0.39 is 42.2 Å². The Labute approximate surface area is 145 Å². The van der Waals surface area contributed by atoms with E-state index in [0.717, 1.165) is 0 Å². The summed E-state index contributed by atoms with van der Waals surface area (Å²) < 4.78 is 38.4. The smallest absolute Gasteiger partial charge is 0.382 e. The van der Waals surface area contributed by atoms with E-state index in [1.54, 1.807) is 13.8 Å². The number of nitrogens with one attached hydrogen (secondary N) is 1. The van der Waals surface area contributed by atoms with Crippen LogP contribution in [0, 0.1) is 11.8 Å². The normalized spacial score (nSPS) is 22.2. The van der Waals surface area contributed by atoms with Crippen molar-refractivity contribution >= 4 is 11.8 Å². The Kier molecular flexibility index (Phi) is 7.25. The number of halogens is 3. The van der Waals surface area contributed by atoms with Crippen molar-refractivity contribution in [3.63, 3.8) is 0 Å². The van der Waals surface area contributed by atoms with E-state index in [1.165, 1.54) is 18.7 Å². The third kappa shape index (κ3) is 5.31. The van der Waals surface area contributed by atoms with Gasteiger partial charge in [-0.2, -0.15) is 13.2 Å². The standard InChI is InChI=1S/C16H28F3N3O3/c1-8(2)11(20)15(25)22-7-5-6-10(22)14(24)21-12(9(3)4)13(23)16(17,18)19/h8-13,23H,5-7,20H2,1-4H3,(H,21,24)/t10-,11?,12?,13?/m1/s1. The van der Waals surface area contributed by atoms with Gasteiger partial charge in [0.1, 0.15) is 6.04 Å². The average Bonchev–Trinajstić information content (AvgIpc) is 2.98. The molecular weight excluding hydrogens is 339 g/mol. The third-order valence-electron chi connectivity index (χ3n) is 4.54. The molecule has 0 aliphatic carbocycles. The highest BCUT2D eigenvalue weighted by molar-refractivity contribution is 5.90. The van der Waals surface area contributed by atoms with Crippen molar-refractivity contribution in [2.45, 2.75) is 70.9 Å². The van der Waals surface area contributed by atoms with Crippen LogP contribution < -0.4 is 11.1 Å². The highest BCUT2D eigenvalue weighted by Gasteiger charge is 2.46. The molecule has 1 saturated heterocycles. The molecule has 0 aromatic heterocycles. The fourth-order valence-corrected chi connectivity index (χ4v) is 2.85. The van der Waals surface area contributed by atoms with Gasteiger partial charge in [-0.15, -0.1) is 0 Å². The maximum atomic E-state index is 12.8. The number of rotatable bonds is 6. The van der Waals surface area contributed by atoms with Crippen LogP contribution in [-0.4, -0.2) is 58.8 Å². The Hall–Kier alpha value is -1.35. The molecule has 0 bridgehead atoms. The number of carbonyl (C=O) groups excluding carboxylic acids is 2. The van der Waals surface area contributed by atoms with Gasteiger partial charge in [-0.05, 0) is 24.7 Å². The number of carbonyl (C=O) groups is 2. The summed E-state index contributed by atoms with van der Waals surface area (Å²) in [5.41, 5.74) is 5.85. The van der Waals surface area contributed by atoms with Gasteiger partial charge in [0.15, 0.2) is 6.10 Å². The maximum absolute atomic E-state index is 12.8. The molecule has 1 aliphatic rings. The summed E-state index contributed by atoms with van der Waals surface area (Å²) in [6.45, 7) is 6.86. The van der Waals surface area contributed by atoms with Gasteiger partial charge >= 0.3 is 6.18 Å². The second-order valence-corrected chi connectivity index (χ2v) is 7.22. The number of hydrogen-bond acceptors (Lipinski definition) is 4. The Morgan fingerprint density at radius 1 is 1.20 bits per heavy atom. The van der Waals surface area contributed by atoms with Crippen LogP contribution in [0.5, 0.6) is 0 Å². The zero-order valence-electron chi connectivity index (χ0n) is 15.0. The van der Waals surface area contributed by atoms with Gasteiger partial charge in [-0.1, -0.05) is 27.7 Å². The van der Waals surface area contributed by atoms with Gasteiger partial charge in [0.25, 0.3) is 0 Å². The highest BCUT2D eigenvalue weighted by atomic mass is 19.4. The van der Waals surface area contributed by atoms with Gasteiger partial charge in [-0.25, -0.2) is 0 Å². The minimum atomic E-state index is -4.84. The van der Waals surface area contributed by atoms with Crippen LogP contribution in [0.25, 0.3) is 0 Å². The highest BCUT2D eigenvalue weighted by Crippen LogP contribution is 2.26. The lowest BCUT2D eigenvalue weighted by Crippen LogP contribution is -2.58. The van der Waals surface area contributed by atoms with Crippen LogP contribution in [-0.2, 0) is 9.59 Å². The van der Waals surface area contributed by atoms with Crippen LogP contribution in [0.15, 0.2) is 0 Å². The molecule has 2 amide bonds. The van der Waals surface area contributed by atoms with Crippen molar-refractivity contribution in [3.05, 3.63) is 0 Å². The number of nitrogens with two attached hydrogens (primary N) is 1.